The van der Waals surface area contributed by atoms with Gasteiger partial charge in [-0.25, -0.2) is 0 Å². The highest BCUT2D eigenvalue weighted by Crippen LogP contribution is 2.24. The molecule has 2 aromatic rings. The lowest BCUT2D eigenvalue weighted by molar-refractivity contribution is 0.104. The molecule has 2 aromatic carbocycles. The quantitative estimate of drug-likeness (QED) is 0.702. The van der Waals surface area contributed by atoms with Gasteiger partial charge in [0.05, 0.1) is 0 Å². The minimum absolute atomic E-state index is 0.0541. The molecule has 0 saturated carbocycles. The average molecular weight is 296 g/mol. The zero-order valence-corrected chi connectivity index (χ0v) is 13.4. The van der Waals surface area contributed by atoms with E-state index in [0.717, 1.165) is 48.4 Å². The van der Waals surface area contributed by atoms with Crippen LogP contribution in [0.15, 0.2) is 48.5 Å². The Labute approximate surface area is 132 Å². The lowest BCUT2D eigenvalue weighted by Crippen LogP contribution is -2.11. The minimum Gasteiger partial charge on any atom is -0.384 e. The molecule has 0 aromatic heterocycles. The molecule has 0 amide bonds. The van der Waals surface area contributed by atoms with Crippen LogP contribution >= 0.6 is 0 Å². The molecule has 0 bridgehead atoms. The Balaban J connectivity index is 2.32. The molecule has 0 spiro atoms. The van der Waals surface area contributed by atoms with Crippen LogP contribution in [-0.2, 0) is 0 Å². The maximum atomic E-state index is 12.9. The van der Waals surface area contributed by atoms with Crippen molar-refractivity contribution in [1.82, 2.24) is 0 Å². The molecule has 116 valence electrons. The molecule has 0 saturated heterocycles. The fraction of sp³-hybridized carbons (Fsp3) is 0.316. The summed E-state index contributed by atoms with van der Waals surface area (Å²) in [5, 5.41) is 6.67. The molecule has 0 fully saturated rings. The number of ketones is 1. The van der Waals surface area contributed by atoms with Crippen LogP contribution in [0.2, 0.25) is 0 Å². The summed E-state index contributed by atoms with van der Waals surface area (Å²) in [6.45, 7) is 5.95. The highest BCUT2D eigenvalue weighted by Gasteiger charge is 2.16. The van der Waals surface area contributed by atoms with Crippen molar-refractivity contribution in [1.29, 1.82) is 0 Å². The first kappa shape index (κ1) is 16.1. The smallest absolute Gasteiger partial charge is 0.197 e. The number of carbonyl (C=O) groups excluding carboxylic acids is 1. The van der Waals surface area contributed by atoms with Crippen LogP contribution in [-0.4, -0.2) is 18.9 Å². The Morgan fingerprint density at radius 2 is 1.18 bits per heavy atom. The van der Waals surface area contributed by atoms with Gasteiger partial charge in [0.1, 0.15) is 0 Å². The summed E-state index contributed by atoms with van der Waals surface area (Å²) in [6, 6.07) is 15.4. The first-order valence-electron chi connectivity index (χ1n) is 7.98. The number of carbonyl (C=O) groups is 1. The summed E-state index contributed by atoms with van der Waals surface area (Å²) in [5.41, 5.74) is 3.25. The average Bonchev–Trinajstić information content (AvgIpc) is 2.58. The number of benzene rings is 2. The largest absolute Gasteiger partial charge is 0.384 e. The van der Waals surface area contributed by atoms with Crippen molar-refractivity contribution in [3.63, 3.8) is 0 Å². The van der Waals surface area contributed by atoms with Crippen molar-refractivity contribution < 1.29 is 4.79 Å². The van der Waals surface area contributed by atoms with Gasteiger partial charge in [-0.05, 0) is 37.1 Å². The predicted octanol–water partition coefficient (Wildman–Crippen LogP) is 4.56. The topological polar surface area (TPSA) is 41.1 Å². The normalized spacial score (nSPS) is 10.3. The third kappa shape index (κ3) is 3.88. The van der Waals surface area contributed by atoms with Crippen LogP contribution < -0.4 is 10.6 Å². The Kier molecular flexibility index (Phi) is 6.01. The molecule has 2 rings (SSSR count). The van der Waals surface area contributed by atoms with Crippen LogP contribution in [0.3, 0.4) is 0 Å². The molecule has 0 aliphatic carbocycles. The third-order valence-electron chi connectivity index (χ3n) is 3.47. The van der Waals surface area contributed by atoms with Crippen molar-refractivity contribution in [2.75, 3.05) is 23.7 Å². The van der Waals surface area contributed by atoms with Gasteiger partial charge in [0, 0.05) is 35.6 Å². The maximum absolute atomic E-state index is 12.9. The summed E-state index contributed by atoms with van der Waals surface area (Å²) in [6.07, 6.45) is 2.05. The summed E-state index contributed by atoms with van der Waals surface area (Å²) in [7, 11) is 0. The van der Waals surface area contributed by atoms with Gasteiger partial charge in [-0.1, -0.05) is 38.1 Å². The molecule has 3 heteroatoms. The van der Waals surface area contributed by atoms with Crippen molar-refractivity contribution in [2.24, 2.45) is 0 Å². The Bertz CT molecular complexity index is 569. The van der Waals surface area contributed by atoms with Gasteiger partial charge in [0.15, 0.2) is 5.78 Å². The fourth-order valence-corrected chi connectivity index (χ4v) is 2.33. The zero-order chi connectivity index (χ0) is 15.8. The van der Waals surface area contributed by atoms with E-state index >= 15 is 0 Å². The van der Waals surface area contributed by atoms with E-state index in [1.165, 1.54) is 0 Å². The van der Waals surface area contributed by atoms with Crippen molar-refractivity contribution >= 4 is 17.2 Å². The first-order chi connectivity index (χ1) is 10.8. The van der Waals surface area contributed by atoms with Crippen LogP contribution in [0.25, 0.3) is 0 Å². The maximum Gasteiger partial charge on any atom is 0.197 e. The Morgan fingerprint density at radius 3 is 1.59 bits per heavy atom. The van der Waals surface area contributed by atoms with Gasteiger partial charge in [0.25, 0.3) is 0 Å². The van der Waals surface area contributed by atoms with Gasteiger partial charge in [-0.2, -0.15) is 0 Å². The second kappa shape index (κ2) is 8.23. The van der Waals surface area contributed by atoms with E-state index in [2.05, 4.69) is 24.5 Å². The van der Waals surface area contributed by atoms with Gasteiger partial charge in [-0.3, -0.25) is 4.79 Å². The van der Waals surface area contributed by atoms with Crippen LogP contribution in [0.5, 0.6) is 0 Å². The molecule has 3 nitrogen and oxygen atoms in total. The van der Waals surface area contributed by atoms with Crippen LogP contribution in [0.4, 0.5) is 11.4 Å². The number of hydrogen-bond acceptors (Lipinski definition) is 3. The zero-order valence-electron chi connectivity index (χ0n) is 13.4. The minimum atomic E-state index is 0.0541. The highest BCUT2D eigenvalue weighted by atomic mass is 16.1. The summed E-state index contributed by atoms with van der Waals surface area (Å²) in [4.78, 5) is 12.9. The van der Waals surface area contributed by atoms with Crippen molar-refractivity contribution in [2.45, 2.75) is 26.7 Å². The molecule has 0 radical (unpaired) electrons. The molecule has 0 aliphatic rings. The number of rotatable bonds is 8. The highest BCUT2D eigenvalue weighted by molar-refractivity contribution is 6.15. The van der Waals surface area contributed by atoms with E-state index in [1.807, 2.05) is 48.5 Å². The van der Waals surface area contributed by atoms with E-state index in [4.69, 9.17) is 0 Å². The van der Waals surface area contributed by atoms with Gasteiger partial charge in [-0.15, -0.1) is 0 Å². The predicted molar refractivity (Wildman–Crippen MR) is 93.9 cm³/mol. The Morgan fingerprint density at radius 1 is 0.773 bits per heavy atom. The van der Waals surface area contributed by atoms with E-state index in [1.54, 1.807) is 0 Å². The van der Waals surface area contributed by atoms with E-state index in [0.29, 0.717) is 0 Å². The summed E-state index contributed by atoms with van der Waals surface area (Å²) >= 11 is 0. The molecule has 0 aliphatic heterocycles. The summed E-state index contributed by atoms with van der Waals surface area (Å²) in [5.74, 6) is 0.0541. The monoisotopic (exact) mass is 296 g/mol. The first-order valence-corrected chi connectivity index (χ1v) is 7.98. The third-order valence-corrected chi connectivity index (χ3v) is 3.47. The molecule has 2 N–H and O–H groups in total. The number of anilines is 2. The second-order valence-electron chi connectivity index (χ2n) is 5.27. The van der Waals surface area contributed by atoms with E-state index in [9.17, 15) is 4.79 Å². The number of hydrogen-bond donors (Lipinski definition) is 2. The second-order valence-corrected chi connectivity index (χ2v) is 5.27. The molecule has 0 unspecified atom stereocenters. The molecule has 0 heterocycles. The Hall–Kier alpha value is -2.29. The van der Waals surface area contributed by atoms with Crippen LogP contribution in [0.1, 0.15) is 42.6 Å². The van der Waals surface area contributed by atoms with Gasteiger partial charge >= 0.3 is 0 Å². The number of para-hydroxylation sites is 2. The molecular weight excluding hydrogens is 272 g/mol. The fourth-order valence-electron chi connectivity index (χ4n) is 2.33. The number of nitrogens with one attached hydrogen (secondary N) is 2. The lowest BCUT2D eigenvalue weighted by Gasteiger charge is -2.14. The summed E-state index contributed by atoms with van der Waals surface area (Å²) < 4.78 is 0. The molecule has 22 heavy (non-hydrogen) atoms. The standard InChI is InChI=1S/C19H24N2O/c1-3-13-20-17-11-7-5-9-15(17)19(22)16-10-6-8-12-18(16)21-14-4-2/h5-12,20-21H,3-4,13-14H2,1-2H3. The van der Waals surface area contributed by atoms with E-state index in [-0.39, 0.29) is 5.78 Å². The molecular formula is C19H24N2O. The van der Waals surface area contributed by atoms with Crippen LogP contribution in [0, 0.1) is 0 Å². The SMILES string of the molecule is CCCNc1ccccc1C(=O)c1ccccc1NCCC. The van der Waals surface area contributed by atoms with E-state index < -0.39 is 0 Å². The molecule has 0 atom stereocenters. The van der Waals surface area contributed by atoms with Gasteiger partial charge < -0.3 is 10.6 Å². The van der Waals surface area contributed by atoms with Crippen molar-refractivity contribution in [3.8, 4) is 0 Å². The lowest BCUT2D eigenvalue weighted by atomic mass is 10.00. The van der Waals surface area contributed by atoms with Gasteiger partial charge in [0.2, 0.25) is 0 Å². The van der Waals surface area contributed by atoms with Crippen molar-refractivity contribution in [3.05, 3.63) is 59.7 Å².